The lowest BCUT2D eigenvalue weighted by molar-refractivity contribution is 0.563. The number of carbonyl (C=O) groups excluding carboxylic acids is 1. The maximum Gasteiger partial charge on any atom is 0.235 e. The van der Waals surface area contributed by atoms with E-state index in [1.165, 1.54) is 6.08 Å². The first kappa shape index (κ1) is 8.73. The van der Waals surface area contributed by atoms with E-state index in [-0.39, 0.29) is 0 Å². The minimum atomic E-state index is 0.379. The lowest BCUT2D eigenvalue weighted by Gasteiger charge is -1.95. The molecule has 0 atom stereocenters. The molecular weight excluding hydrogens is 178 g/mol. The van der Waals surface area contributed by atoms with Gasteiger partial charge in [0.25, 0.3) is 0 Å². The van der Waals surface area contributed by atoms with E-state index in [4.69, 9.17) is 4.42 Å². The van der Waals surface area contributed by atoms with Crippen LogP contribution in [0.15, 0.2) is 33.9 Å². The summed E-state index contributed by atoms with van der Waals surface area (Å²) in [6.45, 7) is 2.36. The second-order valence-corrected chi connectivity index (χ2v) is 3.16. The number of aliphatic imine (C=N–C) groups is 1. The molecular formula is C11H9NO2. The van der Waals surface area contributed by atoms with Crippen LogP contribution in [-0.4, -0.2) is 6.08 Å². The van der Waals surface area contributed by atoms with E-state index in [1.807, 2.05) is 25.1 Å². The summed E-state index contributed by atoms with van der Waals surface area (Å²) < 4.78 is 5.30. The van der Waals surface area contributed by atoms with Crippen LogP contribution in [0.2, 0.25) is 0 Å². The third kappa shape index (κ3) is 1.45. The van der Waals surface area contributed by atoms with Gasteiger partial charge in [0.1, 0.15) is 5.58 Å². The van der Waals surface area contributed by atoms with Crippen molar-refractivity contribution in [2.75, 3.05) is 0 Å². The predicted molar refractivity (Wildman–Crippen MR) is 52.8 cm³/mol. The highest BCUT2D eigenvalue weighted by Gasteiger charge is 2.02. The summed E-state index contributed by atoms with van der Waals surface area (Å²) in [5.74, 6) is 0. The molecule has 0 spiro atoms. The van der Waals surface area contributed by atoms with Gasteiger partial charge in [-0.1, -0.05) is 6.07 Å². The van der Waals surface area contributed by atoms with E-state index < -0.39 is 0 Å². The summed E-state index contributed by atoms with van der Waals surface area (Å²) in [6.07, 6.45) is 3.24. The van der Waals surface area contributed by atoms with Crippen LogP contribution < -0.4 is 0 Å². The fourth-order valence-corrected chi connectivity index (χ4v) is 1.43. The Hall–Kier alpha value is -1.86. The van der Waals surface area contributed by atoms with Crippen molar-refractivity contribution in [3.05, 3.63) is 35.6 Å². The summed E-state index contributed by atoms with van der Waals surface area (Å²) in [4.78, 5) is 13.5. The number of benzene rings is 1. The molecule has 0 aliphatic rings. The van der Waals surface area contributed by atoms with Gasteiger partial charge in [-0.15, -0.1) is 0 Å². The molecule has 0 radical (unpaired) electrons. The van der Waals surface area contributed by atoms with Crippen LogP contribution in [-0.2, 0) is 11.3 Å². The minimum Gasteiger partial charge on any atom is -0.464 e. The van der Waals surface area contributed by atoms with Crippen molar-refractivity contribution < 1.29 is 9.21 Å². The molecule has 0 bridgehead atoms. The first-order valence-corrected chi connectivity index (χ1v) is 4.31. The number of nitrogens with zero attached hydrogens (tertiary/aromatic N) is 1. The van der Waals surface area contributed by atoms with Gasteiger partial charge in [0.15, 0.2) is 0 Å². The maximum absolute atomic E-state index is 9.95. The molecule has 1 heterocycles. The van der Waals surface area contributed by atoms with Gasteiger partial charge in [-0.05, 0) is 30.2 Å². The quantitative estimate of drug-likeness (QED) is 0.535. The van der Waals surface area contributed by atoms with E-state index in [0.29, 0.717) is 6.54 Å². The van der Waals surface area contributed by atoms with Crippen LogP contribution in [0.25, 0.3) is 11.0 Å². The summed E-state index contributed by atoms with van der Waals surface area (Å²) in [5, 5.41) is 1.07. The van der Waals surface area contributed by atoms with E-state index in [2.05, 4.69) is 4.99 Å². The zero-order valence-electron chi connectivity index (χ0n) is 7.78. The molecule has 0 N–H and O–H groups in total. The van der Waals surface area contributed by atoms with Crippen LogP contribution in [0.4, 0.5) is 0 Å². The van der Waals surface area contributed by atoms with Gasteiger partial charge in [-0.2, -0.15) is 0 Å². The molecule has 2 rings (SSSR count). The number of rotatable bonds is 2. The van der Waals surface area contributed by atoms with Crippen LogP contribution in [0.5, 0.6) is 0 Å². The van der Waals surface area contributed by atoms with Crippen molar-refractivity contribution in [1.82, 2.24) is 0 Å². The smallest absolute Gasteiger partial charge is 0.235 e. The highest BCUT2D eigenvalue weighted by atomic mass is 16.3. The topological polar surface area (TPSA) is 42.6 Å². The average molecular weight is 187 g/mol. The summed E-state index contributed by atoms with van der Waals surface area (Å²) in [7, 11) is 0. The highest BCUT2D eigenvalue weighted by Crippen LogP contribution is 2.21. The van der Waals surface area contributed by atoms with E-state index in [1.54, 1.807) is 6.26 Å². The molecule has 0 aliphatic heterocycles. The van der Waals surface area contributed by atoms with Crippen molar-refractivity contribution in [1.29, 1.82) is 0 Å². The first-order valence-electron chi connectivity index (χ1n) is 4.31. The Morgan fingerprint density at radius 2 is 2.36 bits per heavy atom. The zero-order chi connectivity index (χ0) is 9.97. The van der Waals surface area contributed by atoms with Crippen LogP contribution >= 0.6 is 0 Å². The fourth-order valence-electron chi connectivity index (χ4n) is 1.43. The molecule has 0 amide bonds. The van der Waals surface area contributed by atoms with Gasteiger partial charge in [-0.3, -0.25) is 0 Å². The molecule has 3 nitrogen and oxygen atoms in total. The third-order valence-electron chi connectivity index (χ3n) is 2.16. The Morgan fingerprint density at radius 3 is 3.14 bits per heavy atom. The van der Waals surface area contributed by atoms with Gasteiger partial charge in [-0.25, -0.2) is 9.79 Å². The first-order chi connectivity index (χ1) is 6.81. The molecule has 1 aromatic heterocycles. The largest absolute Gasteiger partial charge is 0.464 e. The molecule has 3 heteroatoms. The van der Waals surface area contributed by atoms with Gasteiger partial charge >= 0.3 is 0 Å². The van der Waals surface area contributed by atoms with Crippen LogP contribution in [0.3, 0.4) is 0 Å². The van der Waals surface area contributed by atoms with Crippen LogP contribution in [0, 0.1) is 6.92 Å². The van der Waals surface area contributed by atoms with E-state index >= 15 is 0 Å². The van der Waals surface area contributed by atoms with Crippen molar-refractivity contribution in [3.63, 3.8) is 0 Å². The summed E-state index contributed by atoms with van der Waals surface area (Å²) >= 11 is 0. The number of furan rings is 1. The van der Waals surface area contributed by atoms with Crippen molar-refractivity contribution in [3.8, 4) is 0 Å². The Morgan fingerprint density at radius 1 is 1.50 bits per heavy atom. The standard InChI is InChI=1S/C11H9NO2/c1-8-6-14-11-3-2-9(4-10(8)11)5-12-7-13/h2-4,6H,5H2,1H3. The second kappa shape index (κ2) is 3.48. The van der Waals surface area contributed by atoms with Gasteiger partial charge in [0, 0.05) is 5.39 Å². The summed E-state index contributed by atoms with van der Waals surface area (Å²) in [6, 6.07) is 5.76. The molecule has 1 aromatic carbocycles. The van der Waals surface area contributed by atoms with E-state index in [0.717, 1.165) is 22.1 Å². The molecule has 0 saturated carbocycles. The van der Waals surface area contributed by atoms with Gasteiger partial charge < -0.3 is 4.42 Å². The lowest BCUT2D eigenvalue weighted by Crippen LogP contribution is -1.80. The minimum absolute atomic E-state index is 0.379. The number of fused-ring (bicyclic) bond motifs is 1. The highest BCUT2D eigenvalue weighted by molar-refractivity contribution is 5.81. The molecule has 0 saturated heterocycles. The van der Waals surface area contributed by atoms with Crippen LogP contribution in [0.1, 0.15) is 11.1 Å². The fraction of sp³-hybridized carbons (Fsp3) is 0.182. The Labute approximate surface area is 81.1 Å². The van der Waals surface area contributed by atoms with Crippen molar-refractivity contribution >= 4 is 17.0 Å². The number of hydrogen-bond acceptors (Lipinski definition) is 3. The maximum atomic E-state index is 9.95. The Bertz CT molecular complexity index is 507. The number of aryl methyl sites for hydroxylation is 1. The van der Waals surface area contributed by atoms with Gasteiger partial charge in [0.2, 0.25) is 6.08 Å². The number of hydrogen-bond donors (Lipinski definition) is 0. The normalized spacial score (nSPS) is 10.1. The van der Waals surface area contributed by atoms with Gasteiger partial charge in [0.05, 0.1) is 12.8 Å². The molecule has 0 fully saturated rings. The lowest BCUT2D eigenvalue weighted by atomic mass is 10.1. The van der Waals surface area contributed by atoms with E-state index in [9.17, 15) is 4.79 Å². The SMILES string of the molecule is Cc1coc2ccc(CN=C=O)cc12. The molecule has 0 aliphatic carbocycles. The monoisotopic (exact) mass is 187 g/mol. The predicted octanol–water partition coefficient (Wildman–Crippen LogP) is 2.58. The molecule has 2 aromatic rings. The molecule has 70 valence electrons. The third-order valence-corrected chi connectivity index (χ3v) is 2.16. The zero-order valence-corrected chi connectivity index (χ0v) is 7.78. The van der Waals surface area contributed by atoms with Crippen molar-refractivity contribution in [2.24, 2.45) is 4.99 Å². The number of isocyanates is 1. The second-order valence-electron chi connectivity index (χ2n) is 3.16. The Kier molecular flexibility index (Phi) is 2.17. The Balaban J connectivity index is 2.48. The molecule has 0 unspecified atom stereocenters. The summed E-state index contributed by atoms with van der Waals surface area (Å²) in [5.41, 5.74) is 2.95. The van der Waals surface area contributed by atoms with Crippen molar-refractivity contribution in [2.45, 2.75) is 13.5 Å². The average Bonchev–Trinajstić information content (AvgIpc) is 2.57. The molecule has 14 heavy (non-hydrogen) atoms.